The molecule has 1 heterocycles. The number of methoxy groups -OCH3 is 1. The molecular formula is C18H17N3O4S2. The summed E-state index contributed by atoms with van der Waals surface area (Å²) in [4.78, 5) is 18.6. The second kappa shape index (κ2) is 8.30. The maximum atomic E-state index is 12.2. The minimum atomic E-state index is -3.86. The highest BCUT2D eigenvalue weighted by Gasteiger charge is 2.16. The Morgan fingerprint density at radius 2 is 1.81 bits per heavy atom. The predicted octanol–water partition coefficient (Wildman–Crippen LogP) is 2.37. The van der Waals surface area contributed by atoms with Gasteiger partial charge in [-0.2, -0.15) is 0 Å². The van der Waals surface area contributed by atoms with E-state index in [2.05, 4.69) is 15.2 Å². The largest absolute Gasteiger partial charge is 0.497 e. The van der Waals surface area contributed by atoms with Crippen LogP contribution in [0, 0.1) is 0 Å². The molecule has 0 aliphatic heterocycles. The number of hydrazine groups is 1. The maximum Gasteiger partial charge on any atom is 0.257 e. The van der Waals surface area contributed by atoms with E-state index in [0.29, 0.717) is 10.8 Å². The van der Waals surface area contributed by atoms with Crippen LogP contribution in [0.2, 0.25) is 0 Å². The maximum absolute atomic E-state index is 12.2. The van der Waals surface area contributed by atoms with Crippen molar-refractivity contribution >= 4 is 27.3 Å². The molecule has 7 nitrogen and oxygen atoms in total. The Balaban J connectivity index is 1.58. The zero-order chi connectivity index (χ0) is 19.3. The number of aromatic nitrogens is 1. The summed E-state index contributed by atoms with van der Waals surface area (Å²) in [5, 5.41) is 2.45. The van der Waals surface area contributed by atoms with Gasteiger partial charge in [-0.3, -0.25) is 10.2 Å². The predicted molar refractivity (Wildman–Crippen MR) is 103 cm³/mol. The van der Waals surface area contributed by atoms with E-state index in [1.807, 2.05) is 35.7 Å². The first-order chi connectivity index (χ1) is 13.0. The molecule has 0 spiro atoms. The Morgan fingerprint density at radius 1 is 1.11 bits per heavy atom. The molecule has 0 radical (unpaired) electrons. The van der Waals surface area contributed by atoms with Gasteiger partial charge >= 0.3 is 0 Å². The topological polar surface area (TPSA) is 97.4 Å². The van der Waals surface area contributed by atoms with E-state index in [-0.39, 0.29) is 11.3 Å². The van der Waals surface area contributed by atoms with Gasteiger partial charge in [-0.25, -0.2) is 13.4 Å². The van der Waals surface area contributed by atoms with Crippen molar-refractivity contribution in [3.63, 3.8) is 0 Å². The number of benzene rings is 2. The Kier molecular flexibility index (Phi) is 5.84. The van der Waals surface area contributed by atoms with Gasteiger partial charge in [0.25, 0.3) is 10.0 Å². The molecule has 2 aromatic carbocycles. The quantitative estimate of drug-likeness (QED) is 0.590. The summed E-state index contributed by atoms with van der Waals surface area (Å²) in [7, 11) is -2.38. The van der Waals surface area contributed by atoms with Crippen LogP contribution in [-0.4, -0.2) is 26.4 Å². The third-order valence-corrected chi connectivity index (χ3v) is 5.74. The molecular weight excluding hydrogens is 386 g/mol. The number of rotatable bonds is 7. The minimum absolute atomic E-state index is 0.0178. The second-order valence-corrected chi connectivity index (χ2v) is 8.12. The Labute approximate surface area is 161 Å². The number of ether oxygens (including phenoxy) is 1. The van der Waals surface area contributed by atoms with Crippen LogP contribution < -0.4 is 15.0 Å². The fourth-order valence-electron chi connectivity index (χ4n) is 2.25. The number of hydrogen-bond donors (Lipinski definition) is 2. The summed E-state index contributed by atoms with van der Waals surface area (Å²) in [5.74, 6) is 0.0389. The highest BCUT2D eigenvalue weighted by Crippen LogP contribution is 2.21. The standard InChI is InChI=1S/C18H17N3O4S2/c1-25-14-7-9-15(10-8-14)27(23,24)21-20-17(22)11-18-19-16(12-26-18)13-5-3-2-4-6-13/h2-10,12,21H,11H2,1H3,(H,20,22). The average molecular weight is 403 g/mol. The number of nitrogens with one attached hydrogen (secondary N) is 2. The highest BCUT2D eigenvalue weighted by atomic mass is 32.2. The van der Waals surface area contributed by atoms with Gasteiger partial charge in [-0.15, -0.1) is 16.2 Å². The molecule has 0 unspecified atom stereocenters. The normalized spacial score (nSPS) is 11.1. The number of carbonyl (C=O) groups excluding carboxylic acids is 1. The lowest BCUT2D eigenvalue weighted by atomic mass is 10.2. The molecule has 0 saturated heterocycles. The first kappa shape index (κ1) is 19.0. The molecule has 2 N–H and O–H groups in total. The number of sulfonamides is 1. The third-order valence-electron chi connectivity index (χ3n) is 3.63. The monoisotopic (exact) mass is 403 g/mol. The van der Waals surface area contributed by atoms with Crippen LogP contribution >= 0.6 is 11.3 Å². The molecule has 0 fully saturated rings. The third kappa shape index (κ3) is 4.91. The first-order valence-corrected chi connectivity index (χ1v) is 10.3. The lowest BCUT2D eigenvalue weighted by Gasteiger charge is -2.08. The summed E-state index contributed by atoms with van der Waals surface area (Å²) in [6.45, 7) is 0. The second-order valence-electron chi connectivity index (χ2n) is 5.50. The van der Waals surface area contributed by atoms with Gasteiger partial charge in [0.1, 0.15) is 10.8 Å². The van der Waals surface area contributed by atoms with Crippen molar-refractivity contribution in [1.82, 2.24) is 15.2 Å². The van der Waals surface area contributed by atoms with Crippen molar-refractivity contribution in [1.29, 1.82) is 0 Å². The molecule has 0 aliphatic carbocycles. The van der Waals surface area contributed by atoms with E-state index in [1.165, 1.54) is 42.7 Å². The fourth-order valence-corrected chi connectivity index (χ4v) is 3.92. The van der Waals surface area contributed by atoms with E-state index in [4.69, 9.17) is 4.74 Å². The number of carbonyl (C=O) groups is 1. The van der Waals surface area contributed by atoms with Crippen molar-refractivity contribution < 1.29 is 17.9 Å². The zero-order valence-electron chi connectivity index (χ0n) is 14.4. The molecule has 1 amide bonds. The minimum Gasteiger partial charge on any atom is -0.497 e. The summed E-state index contributed by atoms with van der Waals surface area (Å²) in [6.07, 6.45) is -0.0252. The van der Waals surface area contributed by atoms with Crippen LogP contribution in [0.4, 0.5) is 0 Å². The van der Waals surface area contributed by atoms with Gasteiger partial charge in [0.15, 0.2) is 0 Å². The molecule has 27 heavy (non-hydrogen) atoms. The SMILES string of the molecule is COc1ccc(S(=O)(=O)NNC(=O)Cc2nc(-c3ccccc3)cs2)cc1. The van der Waals surface area contributed by atoms with E-state index >= 15 is 0 Å². The molecule has 0 bridgehead atoms. The molecule has 9 heteroatoms. The number of nitrogens with zero attached hydrogens (tertiary/aromatic N) is 1. The van der Waals surface area contributed by atoms with Crippen LogP contribution in [0.25, 0.3) is 11.3 Å². The van der Waals surface area contributed by atoms with Crippen LogP contribution in [0.3, 0.4) is 0 Å². The molecule has 3 rings (SSSR count). The Morgan fingerprint density at radius 3 is 2.48 bits per heavy atom. The zero-order valence-corrected chi connectivity index (χ0v) is 16.0. The van der Waals surface area contributed by atoms with Gasteiger partial charge in [-0.05, 0) is 24.3 Å². The van der Waals surface area contributed by atoms with E-state index in [9.17, 15) is 13.2 Å². The number of amides is 1. The summed E-state index contributed by atoms with van der Waals surface area (Å²) >= 11 is 1.34. The Hall–Kier alpha value is -2.75. The molecule has 1 aromatic heterocycles. The molecule has 3 aromatic rings. The van der Waals surface area contributed by atoms with Gasteiger partial charge in [0, 0.05) is 10.9 Å². The van der Waals surface area contributed by atoms with E-state index in [0.717, 1.165) is 11.3 Å². The lowest BCUT2D eigenvalue weighted by Crippen LogP contribution is -2.42. The fraction of sp³-hybridized carbons (Fsp3) is 0.111. The smallest absolute Gasteiger partial charge is 0.257 e. The van der Waals surface area contributed by atoms with Crippen LogP contribution in [0.5, 0.6) is 5.75 Å². The highest BCUT2D eigenvalue weighted by molar-refractivity contribution is 7.89. The van der Waals surface area contributed by atoms with Gasteiger partial charge in [-0.1, -0.05) is 30.3 Å². The van der Waals surface area contributed by atoms with Gasteiger partial charge in [0.05, 0.1) is 24.1 Å². The van der Waals surface area contributed by atoms with Crippen molar-refractivity contribution in [2.45, 2.75) is 11.3 Å². The molecule has 0 aliphatic rings. The molecule has 0 saturated carbocycles. The lowest BCUT2D eigenvalue weighted by molar-refractivity contribution is -0.120. The van der Waals surface area contributed by atoms with Crippen molar-refractivity contribution in [2.24, 2.45) is 0 Å². The van der Waals surface area contributed by atoms with Crippen molar-refractivity contribution in [3.05, 3.63) is 65.0 Å². The van der Waals surface area contributed by atoms with Gasteiger partial charge < -0.3 is 4.74 Å². The van der Waals surface area contributed by atoms with E-state index < -0.39 is 15.9 Å². The molecule has 140 valence electrons. The summed E-state index contributed by atoms with van der Waals surface area (Å²) in [5.41, 5.74) is 3.94. The molecule has 0 atom stereocenters. The van der Waals surface area contributed by atoms with Crippen LogP contribution in [0.15, 0.2) is 64.9 Å². The van der Waals surface area contributed by atoms with E-state index in [1.54, 1.807) is 0 Å². The summed E-state index contributed by atoms with van der Waals surface area (Å²) < 4.78 is 29.4. The number of hydrogen-bond acceptors (Lipinski definition) is 6. The average Bonchev–Trinajstić information content (AvgIpc) is 3.16. The number of thiazole rings is 1. The van der Waals surface area contributed by atoms with Crippen LogP contribution in [0.1, 0.15) is 5.01 Å². The summed E-state index contributed by atoms with van der Waals surface area (Å²) in [6, 6.07) is 15.4. The Bertz CT molecular complexity index is 1020. The van der Waals surface area contributed by atoms with Crippen molar-refractivity contribution in [2.75, 3.05) is 7.11 Å². The first-order valence-electron chi connectivity index (χ1n) is 7.92. The van der Waals surface area contributed by atoms with Gasteiger partial charge in [0.2, 0.25) is 5.91 Å². The van der Waals surface area contributed by atoms with Crippen LogP contribution in [-0.2, 0) is 21.2 Å². The van der Waals surface area contributed by atoms with Crippen molar-refractivity contribution in [3.8, 4) is 17.0 Å².